The molecular weight excluding hydrogens is 188 g/mol. The standard InChI is InChI=1S/C10H15ClS/c1-2-7-12-8-9-3-5-10(11)6-4-9/h1,9-10H,3-8H2. The summed E-state index contributed by atoms with van der Waals surface area (Å²) >= 11 is 7.89. The molecule has 0 radical (unpaired) electrons. The normalized spacial score (nSPS) is 29.7. The van der Waals surface area contributed by atoms with Crippen molar-refractivity contribution < 1.29 is 0 Å². The zero-order chi connectivity index (χ0) is 8.81. The van der Waals surface area contributed by atoms with Crippen molar-refractivity contribution >= 4 is 23.4 Å². The van der Waals surface area contributed by atoms with Crippen LogP contribution in [0.2, 0.25) is 0 Å². The van der Waals surface area contributed by atoms with Crippen LogP contribution >= 0.6 is 23.4 Å². The summed E-state index contributed by atoms with van der Waals surface area (Å²) in [6.45, 7) is 0. The molecule has 0 aromatic heterocycles. The molecule has 1 saturated carbocycles. The molecule has 0 aromatic rings. The Labute approximate surface area is 84.4 Å². The molecule has 1 aliphatic rings. The van der Waals surface area contributed by atoms with E-state index < -0.39 is 0 Å². The van der Waals surface area contributed by atoms with Gasteiger partial charge in [-0.2, -0.15) is 0 Å². The highest BCUT2D eigenvalue weighted by Crippen LogP contribution is 2.29. The number of hydrogen-bond acceptors (Lipinski definition) is 1. The fourth-order valence-corrected chi connectivity index (χ4v) is 2.73. The monoisotopic (exact) mass is 202 g/mol. The molecular formula is C10H15ClS. The molecule has 0 unspecified atom stereocenters. The van der Waals surface area contributed by atoms with Gasteiger partial charge in [0.15, 0.2) is 0 Å². The lowest BCUT2D eigenvalue weighted by atomic mass is 9.90. The van der Waals surface area contributed by atoms with Crippen molar-refractivity contribution in [2.75, 3.05) is 11.5 Å². The first-order valence-electron chi connectivity index (χ1n) is 4.48. The summed E-state index contributed by atoms with van der Waals surface area (Å²) in [7, 11) is 0. The van der Waals surface area contributed by atoms with Crippen molar-refractivity contribution in [1.82, 2.24) is 0 Å². The smallest absolute Gasteiger partial charge is 0.0544 e. The topological polar surface area (TPSA) is 0 Å². The van der Waals surface area contributed by atoms with Crippen LogP contribution in [0.3, 0.4) is 0 Å². The molecule has 0 bridgehead atoms. The molecule has 0 N–H and O–H groups in total. The summed E-state index contributed by atoms with van der Waals surface area (Å²) in [5, 5.41) is 0.443. The van der Waals surface area contributed by atoms with Gasteiger partial charge in [0.2, 0.25) is 0 Å². The molecule has 0 nitrogen and oxygen atoms in total. The van der Waals surface area contributed by atoms with Crippen molar-refractivity contribution in [3.63, 3.8) is 0 Å². The Morgan fingerprint density at radius 1 is 1.33 bits per heavy atom. The number of thioether (sulfide) groups is 1. The number of alkyl halides is 1. The van der Waals surface area contributed by atoms with Crippen LogP contribution in [0.25, 0.3) is 0 Å². The number of hydrogen-bond donors (Lipinski definition) is 0. The Morgan fingerprint density at radius 3 is 2.58 bits per heavy atom. The molecule has 0 aliphatic heterocycles. The molecule has 0 aromatic carbocycles. The third kappa shape index (κ3) is 3.74. The second-order valence-corrected chi connectivity index (χ2v) is 4.98. The Bertz CT molecular complexity index is 154. The maximum absolute atomic E-state index is 6.00. The van der Waals surface area contributed by atoms with Crippen LogP contribution in [0, 0.1) is 18.3 Å². The number of halogens is 1. The summed E-state index contributed by atoms with van der Waals surface area (Å²) in [5.41, 5.74) is 0. The van der Waals surface area contributed by atoms with E-state index in [1.165, 1.54) is 31.4 Å². The van der Waals surface area contributed by atoms with E-state index in [9.17, 15) is 0 Å². The lowest BCUT2D eigenvalue weighted by molar-refractivity contribution is 0.396. The molecule has 1 fully saturated rings. The number of terminal acetylenes is 1. The van der Waals surface area contributed by atoms with E-state index in [1.807, 2.05) is 11.8 Å². The Hall–Kier alpha value is 0.200. The molecule has 0 saturated heterocycles. The molecule has 12 heavy (non-hydrogen) atoms. The predicted octanol–water partition coefficient (Wildman–Crippen LogP) is 3.15. The van der Waals surface area contributed by atoms with Gasteiger partial charge in [0.25, 0.3) is 0 Å². The first-order chi connectivity index (χ1) is 5.83. The lowest BCUT2D eigenvalue weighted by Gasteiger charge is -2.24. The molecule has 0 atom stereocenters. The highest BCUT2D eigenvalue weighted by Gasteiger charge is 2.18. The highest BCUT2D eigenvalue weighted by atomic mass is 35.5. The molecule has 0 spiro atoms. The van der Waals surface area contributed by atoms with E-state index in [1.54, 1.807) is 0 Å². The van der Waals surface area contributed by atoms with Crippen molar-refractivity contribution in [1.29, 1.82) is 0 Å². The first kappa shape index (κ1) is 10.3. The van der Waals surface area contributed by atoms with Crippen molar-refractivity contribution in [2.24, 2.45) is 5.92 Å². The third-order valence-corrected chi connectivity index (χ3v) is 3.83. The van der Waals surface area contributed by atoms with Gasteiger partial charge in [-0.25, -0.2) is 0 Å². The lowest BCUT2D eigenvalue weighted by Crippen LogP contribution is -2.16. The van der Waals surface area contributed by atoms with Crippen LogP contribution in [0.1, 0.15) is 25.7 Å². The van der Waals surface area contributed by atoms with Crippen LogP contribution in [0.5, 0.6) is 0 Å². The van der Waals surface area contributed by atoms with Gasteiger partial charge < -0.3 is 0 Å². The average molecular weight is 203 g/mol. The summed E-state index contributed by atoms with van der Waals surface area (Å²) in [6, 6.07) is 0. The minimum Gasteiger partial charge on any atom is -0.149 e. The van der Waals surface area contributed by atoms with E-state index >= 15 is 0 Å². The zero-order valence-electron chi connectivity index (χ0n) is 7.26. The second-order valence-electron chi connectivity index (χ2n) is 3.34. The maximum atomic E-state index is 6.00. The van der Waals surface area contributed by atoms with Crippen LogP contribution < -0.4 is 0 Å². The average Bonchev–Trinajstić information content (AvgIpc) is 2.09. The minimum atomic E-state index is 0.443. The van der Waals surface area contributed by atoms with Gasteiger partial charge >= 0.3 is 0 Å². The largest absolute Gasteiger partial charge is 0.149 e. The molecule has 1 aliphatic carbocycles. The Kier molecular flexibility index (Phi) is 4.95. The predicted molar refractivity (Wildman–Crippen MR) is 57.8 cm³/mol. The van der Waals surface area contributed by atoms with E-state index in [2.05, 4.69) is 5.92 Å². The van der Waals surface area contributed by atoms with E-state index in [0.717, 1.165) is 11.7 Å². The SMILES string of the molecule is C#CCSCC1CCC(Cl)CC1. The molecule has 2 heteroatoms. The van der Waals surface area contributed by atoms with Crippen molar-refractivity contribution in [2.45, 2.75) is 31.1 Å². The Balaban J connectivity index is 2.06. The third-order valence-electron chi connectivity index (χ3n) is 2.32. The van der Waals surface area contributed by atoms with Crippen LogP contribution in [-0.4, -0.2) is 16.9 Å². The summed E-state index contributed by atoms with van der Waals surface area (Å²) in [5.74, 6) is 5.62. The number of rotatable bonds is 3. The fraction of sp³-hybridized carbons (Fsp3) is 0.800. The second kappa shape index (κ2) is 5.78. The highest BCUT2D eigenvalue weighted by molar-refractivity contribution is 7.99. The van der Waals surface area contributed by atoms with Gasteiger partial charge in [-0.05, 0) is 37.4 Å². The fourth-order valence-electron chi connectivity index (χ4n) is 1.57. The van der Waals surface area contributed by atoms with Gasteiger partial charge in [0.05, 0.1) is 5.75 Å². The maximum Gasteiger partial charge on any atom is 0.0544 e. The van der Waals surface area contributed by atoms with Gasteiger partial charge in [0.1, 0.15) is 0 Å². The summed E-state index contributed by atoms with van der Waals surface area (Å²) in [4.78, 5) is 0. The van der Waals surface area contributed by atoms with Crippen molar-refractivity contribution in [3.8, 4) is 12.3 Å². The zero-order valence-corrected chi connectivity index (χ0v) is 8.83. The van der Waals surface area contributed by atoms with E-state index in [-0.39, 0.29) is 0 Å². The minimum absolute atomic E-state index is 0.443. The van der Waals surface area contributed by atoms with Crippen LogP contribution in [-0.2, 0) is 0 Å². The quantitative estimate of drug-likeness (QED) is 0.385. The first-order valence-corrected chi connectivity index (χ1v) is 6.07. The van der Waals surface area contributed by atoms with Crippen LogP contribution in [0.15, 0.2) is 0 Å². The van der Waals surface area contributed by atoms with Crippen molar-refractivity contribution in [3.05, 3.63) is 0 Å². The summed E-state index contributed by atoms with van der Waals surface area (Å²) < 4.78 is 0. The van der Waals surface area contributed by atoms with E-state index in [0.29, 0.717) is 5.38 Å². The molecule has 0 heterocycles. The van der Waals surface area contributed by atoms with Gasteiger partial charge in [-0.15, -0.1) is 29.8 Å². The van der Waals surface area contributed by atoms with Gasteiger partial charge in [-0.1, -0.05) is 5.92 Å². The molecule has 68 valence electrons. The Morgan fingerprint density at radius 2 is 2.00 bits per heavy atom. The van der Waals surface area contributed by atoms with E-state index in [4.69, 9.17) is 18.0 Å². The molecule has 1 rings (SSSR count). The van der Waals surface area contributed by atoms with Gasteiger partial charge in [0, 0.05) is 5.38 Å². The summed E-state index contributed by atoms with van der Waals surface area (Å²) in [6.07, 6.45) is 10.2. The van der Waals surface area contributed by atoms with Crippen LogP contribution in [0.4, 0.5) is 0 Å². The molecule has 0 amide bonds. The van der Waals surface area contributed by atoms with Gasteiger partial charge in [-0.3, -0.25) is 0 Å².